The summed E-state index contributed by atoms with van der Waals surface area (Å²) in [5, 5.41) is 5.55. The molecule has 0 saturated carbocycles. The van der Waals surface area contributed by atoms with Gasteiger partial charge >= 0.3 is 0 Å². The number of benzene rings is 2. The third-order valence-corrected chi connectivity index (χ3v) is 4.26. The van der Waals surface area contributed by atoms with Crippen LogP contribution in [0.3, 0.4) is 0 Å². The summed E-state index contributed by atoms with van der Waals surface area (Å²) < 4.78 is 7.34. The molecule has 2 heterocycles. The largest absolute Gasteiger partial charge is 0.494 e. The fourth-order valence-corrected chi connectivity index (χ4v) is 3.09. The van der Waals surface area contributed by atoms with Crippen LogP contribution in [0.2, 0.25) is 0 Å². The fourth-order valence-electron chi connectivity index (χ4n) is 3.09. The SMILES string of the molecule is CCOc1ccc(CN(C)c2nc3ccccc3c3nc(C)nn23)cc1. The first kappa shape index (κ1) is 16.3. The van der Waals surface area contributed by atoms with Crippen LogP contribution in [0.15, 0.2) is 48.5 Å². The van der Waals surface area contributed by atoms with Gasteiger partial charge in [0.1, 0.15) is 11.6 Å². The second kappa shape index (κ2) is 6.63. The Hall–Kier alpha value is -3.15. The summed E-state index contributed by atoms with van der Waals surface area (Å²) in [4.78, 5) is 11.5. The smallest absolute Gasteiger partial charge is 0.229 e. The molecule has 0 amide bonds. The van der Waals surface area contributed by atoms with E-state index in [1.807, 2.05) is 61.8 Å². The van der Waals surface area contributed by atoms with Crippen LogP contribution in [0.5, 0.6) is 5.75 Å². The van der Waals surface area contributed by atoms with Crippen LogP contribution in [-0.4, -0.2) is 33.2 Å². The standard InChI is InChI=1S/C20H21N5O/c1-4-26-16-11-9-15(10-12-16)13-24(3)20-22-18-8-6-5-7-17(18)19-21-14(2)23-25(19)20/h5-12H,4,13H2,1-3H3. The van der Waals surface area contributed by atoms with Gasteiger partial charge in [-0.15, -0.1) is 5.10 Å². The number of ether oxygens (including phenoxy) is 1. The quantitative estimate of drug-likeness (QED) is 0.552. The summed E-state index contributed by atoms with van der Waals surface area (Å²) in [7, 11) is 2.02. The highest BCUT2D eigenvalue weighted by atomic mass is 16.5. The molecule has 6 nitrogen and oxygen atoms in total. The second-order valence-electron chi connectivity index (χ2n) is 6.26. The van der Waals surface area contributed by atoms with E-state index in [-0.39, 0.29) is 0 Å². The first-order valence-corrected chi connectivity index (χ1v) is 8.70. The summed E-state index contributed by atoms with van der Waals surface area (Å²) >= 11 is 0. The number of fused-ring (bicyclic) bond motifs is 3. The highest BCUT2D eigenvalue weighted by Crippen LogP contribution is 2.23. The van der Waals surface area contributed by atoms with Crippen molar-refractivity contribution >= 4 is 22.5 Å². The van der Waals surface area contributed by atoms with Crippen LogP contribution >= 0.6 is 0 Å². The van der Waals surface area contributed by atoms with E-state index < -0.39 is 0 Å². The van der Waals surface area contributed by atoms with E-state index in [2.05, 4.69) is 27.1 Å². The van der Waals surface area contributed by atoms with Crippen molar-refractivity contribution in [3.05, 3.63) is 59.9 Å². The van der Waals surface area contributed by atoms with Crippen LogP contribution in [-0.2, 0) is 6.54 Å². The number of para-hydroxylation sites is 1. The van der Waals surface area contributed by atoms with E-state index in [1.54, 1.807) is 0 Å². The van der Waals surface area contributed by atoms with Crippen LogP contribution in [0.4, 0.5) is 5.95 Å². The van der Waals surface area contributed by atoms with Crippen molar-refractivity contribution in [1.82, 2.24) is 19.6 Å². The molecule has 4 rings (SSSR count). The van der Waals surface area contributed by atoms with Gasteiger partial charge < -0.3 is 9.64 Å². The summed E-state index contributed by atoms with van der Waals surface area (Å²) in [6.45, 7) is 5.27. The third-order valence-electron chi connectivity index (χ3n) is 4.26. The van der Waals surface area contributed by atoms with Crippen molar-refractivity contribution in [2.24, 2.45) is 0 Å². The normalized spacial score (nSPS) is 11.2. The van der Waals surface area contributed by atoms with E-state index >= 15 is 0 Å². The summed E-state index contributed by atoms with van der Waals surface area (Å²) in [5.74, 6) is 2.39. The van der Waals surface area contributed by atoms with Gasteiger partial charge in [0.25, 0.3) is 0 Å². The third kappa shape index (κ3) is 2.94. The number of aryl methyl sites for hydroxylation is 1. The van der Waals surface area contributed by atoms with Crippen LogP contribution in [0.1, 0.15) is 18.3 Å². The van der Waals surface area contributed by atoms with Gasteiger partial charge in [-0.1, -0.05) is 24.3 Å². The Morgan fingerprint density at radius 1 is 1.04 bits per heavy atom. The second-order valence-corrected chi connectivity index (χ2v) is 6.26. The van der Waals surface area contributed by atoms with Gasteiger partial charge in [-0.3, -0.25) is 0 Å². The highest BCUT2D eigenvalue weighted by Gasteiger charge is 2.15. The molecule has 0 bridgehead atoms. The Balaban J connectivity index is 1.72. The Bertz CT molecular complexity index is 1060. The zero-order valence-electron chi connectivity index (χ0n) is 15.2. The van der Waals surface area contributed by atoms with Crippen LogP contribution in [0.25, 0.3) is 16.6 Å². The predicted octanol–water partition coefficient (Wildman–Crippen LogP) is 3.62. The maximum atomic E-state index is 5.51. The van der Waals surface area contributed by atoms with Crippen molar-refractivity contribution in [1.29, 1.82) is 0 Å². The monoisotopic (exact) mass is 347 g/mol. The van der Waals surface area contributed by atoms with Gasteiger partial charge in [0.15, 0.2) is 5.65 Å². The van der Waals surface area contributed by atoms with Gasteiger partial charge in [0.2, 0.25) is 5.95 Å². The molecule has 132 valence electrons. The first-order valence-electron chi connectivity index (χ1n) is 8.70. The molecule has 0 fully saturated rings. The zero-order chi connectivity index (χ0) is 18.1. The van der Waals surface area contributed by atoms with Crippen molar-refractivity contribution in [3.63, 3.8) is 0 Å². The van der Waals surface area contributed by atoms with Gasteiger partial charge in [0, 0.05) is 19.0 Å². The van der Waals surface area contributed by atoms with Crippen molar-refractivity contribution in [2.75, 3.05) is 18.6 Å². The molecule has 0 aliphatic rings. The van der Waals surface area contributed by atoms with Crippen molar-refractivity contribution < 1.29 is 4.74 Å². The highest BCUT2D eigenvalue weighted by molar-refractivity contribution is 5.92. The Kier molecular flexibility index (Phi) is 4.16. The van der Waals surface area contributed by atoms with E-state index in [0.717, 1.165) is 34.1 Å². The van der Waals surface area contributed by atoms with Crippen LogP contribution < -0.4 is 9.64 Å². The van der Waals surface area contributed by atoms with E-state index in [0.29, 0.717) is 13.2 Å². The van der Waals surface area contributed by atoms with Gasteiger partial charge in [-0.25, -0.2) is 9.97 Å². The molecule has 0 aliphatic carbocycles. The summed E-state index contributed by atoms with van der Waals surface area (Å²) in [5.41, 5.74) is 2.93. The lowest BCUT2D eigenvalue weighted by Crippen LogP contribution is -2.21. The molecule has 0 radical (unpaired) electrons. The maximum absolute atomic E-state index is 5.51. The van der Waals surface area contributed by atoms with E-state index in [4.69, 9.17) is 9.72 Å². The number of nitrogens with zero attached hydrogens (tertiary/aromatic N) is 5. The number of anilines is 1. The molecule has 0 atom stereocenters. The Morgan fingerprint density at radius 3 is 2.58 bits per heavy atom. The Morgan fingerprint density at radius 2 is 1.81 bits per heavy atom. The van der Waals surface area contributed by atoms with Gasteiger partial charge in [-0.2, -0.15) is 4.52 Å². The lowest BCUT2D eigenvalue weighted by atomic mass is 10.2. The molecule has 0 unspecified atom stereocenters. The molecule has 0 spiro atoms. The molecule has 0 N–H and O–H groups in total. The fraction of sp³-hybridized carbons (Fsp3) is 0.250. The number of rotatable bonds is 5. The minimum atomic E-state index is 0.671. The number of aromatic nitrogens is 4. The van der Waals surface area contributed by atoms with Crippen molar-refractivity contribution in [3.8, 4) is 5.75 Å². The van der Waals surface area contributed by atoms with E-state index in [1.165, 1.54) is 5.56 Å². The van der Waals surface area contributed by atoms with Crippen LogP contribution in [0, 0.1) is 6.92 Å². The molecule has 6 heteroatoms. The number of hydrogen-bond acceptors (Lipinski definition) is 5. The molecular formula is C20H21N5O. The van der Waals surface area contributed by atoms with E-state index in [9.17, 15) is 0 Å². The summed E-state index contributed by atoms with van der Waals surface area (Å²) in [6.07, 6.45) is 0. The lowest BCUT2D eigenvalue weighted by molar-refractivity contribution is 0.340. The topological polar surface area (TPSA) is 55.5 Å². The maximum Gasteiger partial charge on any atom is 0.229 e. The average Bonchev–Trinajstić information content (AvgIpc) is 3.04. The molecule has 4 aromatic rings. The number of hydrogen-bond donors (Lipinski definition) is 0. The average molecular weight is 347 g/mol. The van der Waals surface area contributed by atoms with Gasteiger partial charge in [0.05, 0.1) is 12.1 Å². The first-order chi connectivity index (χ1) is 12.7. The minimum absolute atomic E-state index is 0.671. The van der Waals surface area contributed by atoms with Crippen molar-refractivity contribution in [2.45, 2.75) is 20.4 Å². The summed E-state index contributed by atoms with van der Waals surface area (Å²) in [6, 6.07) is 16.2. The molecule has 26 heavy (non-hydrogen) atoms. The molecule has 0 aliphatic heterocycles. The molecule has 2 aromatic heterocycles. The molecular weight excluding hydrogens is 326 g/mol. The predicted molar refractivity (Wildman–Crippen MR) is 103 cm³/mol. The lowest BCUT2D eigenvalue weighted by Gasteiger charge is -2.19. The zero-order valence-corrected chi connectivity index (χ0v) is 15.2. The molecule has 0 saturated heterocycles. The Labute approximate surface area is 152 Å². The minimum Gasteiger partial charge on any atom is -0.494 e. The molecule has 2 aromatic carbocycles. The van der Waals surface area contributed by atoms with Gasteiger partial charge in [-0.05, 0) is 43.7 Å².